The van der Waals surface area contributed by atoms with E-state index in [2.05, 4.69) is 46.8 Å². The predicted molar refractivity (Wildman–Crippen MR) is 171 cm³/mol. The second-order valence-electron chi connectivity index (χ2n) is 15.7. The average Bonchev–Trinajstić information content (AvgIpc) is 3.55. The fourth-order valence-corrected chi connectivity index (χ4v) is 10.2. The molecule has 0 radical (unpaired) electrons. The second-order valence-corrected chi connectivity index (χ2v) is 15.7. The van der Waals surface area contributed by atoms with Crippen LogP contribution in [0, 0.1) is 39.9 Å². The van der Waals surface area contributed by atoms with Crippen LogP contribution in [-0.2, 0) is 23.8 Å². The highest BCUT2D eigenvalue weighted by Gasteiger charge is 2.68. The van der Waals surface area contributed by atoms with E-state index in [4.69, 9.17) is 14.2 Å². The first-order chi connectivity index (χ1) is 20.4. The lowest BCUT2D eigenvalue weighted by Crippen LogP contribution is -2.64. The number of aliphatic hydroxyl groups excluding tert-OH is 1. The van der Waals surface area contributed by atoms with Gasteiger partial charge in [-0.25, -0.2) is 4.79 Å². The smallest absolute Gasteiger partial charge is 0.339 e. The van der Waals surface area contributed by atoms with E-state index in [9.17, 15) is 19.8 Å². The maximum Gasteiger partial charge on any atom is 0.339 e. The van der Waals surface area contributed by atoms with Crippen molar-refractivity contribution in [2.45, 2.75) is 131 Å². The minimum absolute atomic E-state index is 0.0407. The molecule has 2 saturated carbocycles. The summed E-state index contributed by atoms with van der Waals surface area (Å²) in [6.07, 6.45) is 9.79. The Bertz CT molecular complexity index is 1190. The number of esters is 2. The highest BCUT2D eigenvalue weighted by atomic mass is 16.6. The van der Waals surface area contributed by atoms with E-state index < -0.39 is 34.6 Å². The number of ether oxygens (including phenoxy) is 3. The molecule has 3 fully saturated rings. The lowest BCUT2D eigenvalue weighted by atomic mass is 9.39. The molecule has 0 spiro atoms. The average molecular weight is 615 g/mol. The van der Waals surface area contributed by atoms with Crippen molar-refractivity contribution in [3.63, 3.8) is 0 Å². The fraction of sp³-hybridized carbons (Fsp3) is 0.784. The lowest BCUT2D eigenvalue weighted by molar-refractivity contribution is -0.212. The van der Waals surface area contributed by atoms with Crippen LogP contribution in [0.3, 0.4) is 0 Å². The molecule has 10 atom stereocenters. The number of carbonyl (C=O) groups excluding carboxylic acids is 2. The number of hydrogen-bond acceptors (Lipinski definition) is 7. The summed E-state index contributed by atoms with van der Waals surface area (Å²) >= 11 is 0. The molecule has 3 aliphatic carbocycles. The Labute approximate surface area is 265 Å². The van der Waals surface area contributed by atoms with Gasteiger partial charge in [-0.05, 0) is 120 Å². The van der Waals surface area contributed by atoms with Gasteiger partial charge in [-0.3, -0.25) is 4.79 Å². The summed E-state index contributed by atoms with van der Waals surface area (Å²) in [4.78, 5) is 26.0. The molecule has 4 rings (SSSR count). The normalized spacial score (nSPS) is 39.5. The second kappa shape index (κ2) is 12.7. The van der Waals surface area contributed by atoms with E-state index in [1.165, 1.54) is 18.3 Å². The Hall–Kier alpha value is -1.96. The SMILES string of the molecule is C/C=C(\C)[C@@H](O)C(=O)O[C@@H]1C[C@@H](C(C)(C)O)[C@](C)(CCC(=O)OC)[C@H]2CC[C@]3(C)C(=CC[C@H]3[C@H]3CO[C@H](C=C(C)C)C3)[C@@]21C. The topological polar surface area (TPSA) is 102 Å². The Kier molecular flexibility index (Phi) is 10.1. The van der Waals surface area contributed by atoms with Gasteiger partial charge in [0.15, 0.2) is 6.10 Å². The Morgan fingerprint density at radius 3 is 2.45 bits per heavy atom. The van der Waals surface area contributed by atoms with E-state index in [0.717, 1.165) is 32.3 Å². The van der Waals surface area contributed by atoms with Crippen molar-refractivity contribution in [1.82, 2.24) is 0 Å². The summed E-state index contributed by atoms with van der Waals surface area (Å²) in [5.74, 6) is -0.243. The maximum atomic E-state index is 13.5. The molecule has 0 aromatic heterocycles. The van der Waals surface area contributed by atoms with Crippen molar-refractivity contribution < 1.29 is 34.0 Å². The van der Waals surface area contributed by atoms with Crippen molar-refractivity contribution in [1.29, 1.82) is 0 Å². The van der Waals surface area contributed by atoms with Gasteiger partial charge in [-0.2, -0.15) is 0 Å². The first-order valence-corrected chi connectivity index (χ1v) is 16.7. The van der Waals surface area contributed by atoms with Gasteiger partial charge in [0.1, 0.15) is 6.10 Å². The Balaban J connectivity index is 1.78. The zero-order chi connectivity index (χ0) is 32.8. The molecule has 0 amide bonds. The van der Waals surface area contributed by atoms with Gasteiger partial charge in [0.25, 0.3) is 0 Å². The molecule has 2 N–H and O–H groups in total. The van der Waals surface area contributed by atoms with E-state index in [1.807, 2.05) is 13.8 Å². The molecule has 0 aromatic carbocycles. The number of hydrogen-bond donors (Lipinski definition) is 2. The Morgan fingerprint density at radius 2 is 1.86 bits per heavy atom. The molecule has 4 aliphatic rings. The monoisotopic (exact) mass is 614 g/mol. The minimum Gasteiger partial charge on any atom is -0.469 e. The summed E-state index contributed by atoms with van der Waals surface area (Å²) in [5.41, 5.74) is 1.03. The fourth-order valence-electron chi connectivity index (χ4n) is 10.2. The highest BCUT2D eigenvalue weighted by Crippen LogP contribution is 2.72. The van der Waals surface area contributed by atoms with Crippen molar-refractivity contribution in [3.8, 4) is 0 Å². The van der Waals surface area contributed by atoms with E-state index >= 15 is 0 Å². The molecule has 44 heavy (non-hydrogen) atoms. The zero-order valence-corrected chi connectivity index (χ0v) is 28.9. The Morgan fingerprint density at radius 1 is 1.18 bits per heavy atom. The van der Waals surface area contributed by atoms with Crippen molar-refractivity contribution in [2.75, 3.05) is 13.7 Å². The predicted octanol–water partition coefficient (Wildman–Crippen LogP) is 6.72. The molecule has 0 aromatic rings. The number of methoxy groups -OCH3 is 1. The summed E-state index contributed by atoms with van der Waals surface area (Å²) in [6, 6.07) is 0. The van der Waals surface area contributed by atoms with Gasteiger partial charge in [0.05, 0.1) is 25.4 Å². The van der Waals surface area contributed by atoms with Crippen LogP contribution in [0.25, 0.3) is 0 Å². The molecule has 1 aliphatic heterocycles. The molecular weight excluding hydrogens is 556 g/mol. The third kappa shape index (κ3) is 6.10. The summed E-state index contributed by atoms with van der Waals surface area (Å²) < 4.78 is 17.7. The van der Waals surface area contributed by atoms with Crippen LogP contribution in [0.2, 0.25) is 0 Å². The molecule has 248 valence electrons. The molecule has 1 saturated heterocycles. The minimum atomic E-state index is -1.34. The summed E-state index contributed by atoms with van der Waals surface area (Å²) in [5, 5.41) is 22.5. The van der Waals surface area contributed by atoms with E-state index in [-0.39, 0.29) is 35.7 Å². The van der Waals surface area contributed by atoms with Crippen LogP contribution < -0.4 is 0 Å². The van der Waals surface area contributed by atoms with Gasteiger partial charge in [0, 0.05) is 11.8 Å². The van der Waals surface area contributed by atoms with Crippen LogP contribution in [0.5, 0.6) is 0 Å². The van der Waals surface area contributed by atoms with Crippen molar-refractivity contribution in [3.05, 3.63) is 34.9 Å². The molecular formula is C37H58O7. The molecule has 1 heterocycles. The quantitative estimate of drug-likeness (QED) is 0.220. The third-order valence-electron chi connectivity index (χ3n) is 12.4. The largest absolute Gasteiger partial charge is 0.469 e. The maximum absolute atomic E-state index is 13.5. The number of rotatable bonds is 9. The number of allylic oxidation sites excluding steroid dienone is 3. The van der Waals surface area contributed by atoms with Gasteiger partial charge in [0.2, 0.25) is 0 Å². The lowest BCUT2D eigenvalue weighted by Gasteiger charge is -2.66. The van der Waals surface area contributed by atoms with Gasteiger partial charge < -0.3 is 24.4 Å². The van der Waals surface area contributed by atoms with Crippen LogP contribution in [-0.4, -0.2) is 59.8 Å². The first-order valence-electron chi connectivity index (χ1n) is 16.7. The van der Waals surface area contributed by atoms with Crippen LogP contribution >= 0.6 is 0 Å². The van der Waals surface area contributed by atoms with Crippen LogP contribution in [0.1, 0.15) is 107 Å². The molecule has 0 unspecified atom stereocenters. The van der Waals surface area contributed by atoms with Gasteiger partial charge in [-0.15, -0.1) is 0 Å². The zero-order valence-electron chi connectivity index (χ0n) is 28.9. The van der Waals surface area contributed by atoms with Crippen molar-refractivity contribution >= 4 is 11.9 Å². The van der Waals surface area contributed by atoms with Gasteiger partial charge in [-0.1, -0.05) is 50.1 Å². The standard InChI is InChI=1S/C37H58O7/c1-11-23(4)32(39)33(40)44-30-20-29(34(5,6)41)36(8,17-15-31(38)42-10)28-14-16-35(7)26(12-13-27(35)37(28,30)9)24-19-25(43-21-24)18-22(2)3/h11,13,18,24-26,28-30,32,39,41H,12,14-17,19-21H2,1-10H3/b23-11+/t24-,25-,26+,28-,29+,30-,32-,35+,36-,37+/m1/s1. The number of carbonyl (C=O) groups is 2. The van der Waals surface area contributed by atoms with Crippen LogP contribution in [0.15, 0.2) is 34.9 Å². The third-order valence-corrected chi connectivity index (χ3v) is 12.4. The number of fused-ring (bicyclic) bond motifs is 3. The van der Waals surface area contributed by atoms with Crippen molar-refractivity contribution in [2.24, 2.45) is 39.9 Å². The molecule has 7 nitrogen and oxygen atoms in total. The van der Waals surface area contributed by atoms with Crippen LogP contribution in [0.4, 0.5) is 0 Å². The molecule has 0 bridgehead atoms. The molecule has 7 heteroatoms. The van der Waals surface area contributed by atoms with E-state index in [0.29, 0.717) is 30.3 Å². The summed E-state index contributed by atoms with van der Waals surface area (Å²) in [7, 11) is 1.42. The first kappa shape index (κ1) is 34.9. The highest BCUT2D eigenvalue weighted by molar-refractivity contribution is 5.78. The van der Waals surface area contributed by atoms with E-state index in [1.54, 1.807) is 19.9 Å². The van der Waals surface area contributed by atoms with Gasteiger partial charge >= 0.3 is 11.9 Å². The summed E-state index contributed by atoms with van der Waals surface area (Å²) in [6.45, 7) is 19.1. The number of aliphatic hydroxyl groups is 2.